The fraction of sp³-hybridized carbons (Fsp3) is 1.00. The zero-order valence-corrected chi connectivity index (χ0v) is 16.4. The van der Waals surface area contributed by atoms with Crippen LogP contribution in [0.25, 0.3) is 0 Å². The summed E-state index contributed by atoms with van der Waals surface area (Å²) in [5.74, 6) is 1.81. The predicted molar refractivity (Wildman–Crippen MR) is 101 cm³/mol. The summed E-state index contributed by atoms with van der Waals surface area (Å²) in [7, 11) is 0. The molecule has 3 nitrogen and oxygen atoms in total. The number of likely N-dealkylation sites (tertiary alicyclic amines) is 1. The van der Waals surface area contributed by atoms with E-state index in [1.807, 2.05) is 0 Å². The highest BCUT2D eigenvalue weighted by Crippen LogP contribution is 2.28. The third-order valence-corrected chi connectivity index (χ3v) is 6.54. The molecule has 2 aliphatic heterocycles. The quantitative estimate of drug-likeness (QED) is 0.709. The minimum absolute atomic E-state index is 0.721. The number of nitrogens with zero attached hydrogens (tertiary/aromatic N) is 3. The Hall–Kier alpha value is -0.120. The fourth-order valence-electron chi connectivity index (χ4n) is 4.42. The van der Waals surface area contributed by atoms with Crippen LogP contribution < -0.4 is 0 Å². The second-order valence-corrected chi connectivity index (χ2v) is 8.36. The van der Waals surface area contributed by atoms with Crippen molar-refractivity contribution < 1.29 is 0 Å². The van der Waals surface area contributed by atoms with Crippen LogP contribution >= 0.6 is 0 Å². The Labute approximate surface area is 145 Å². The number of rotatable bonds is 7. The minimum atomic E-state index is 0.721. The largest absolute Gasteiger partial charge is 0.301 e. The number of likely N-dealkylation sites (N-methyl/N-ethyl adjacent to an activating group) is 1. The van der Waals surface area contributed by atoms with Crippen LogP contribution in [0.4, 0.5) is 0 Å². The molecule has 0 saturated carbocycles. The normalized spacial score (nSPS) is 28.2. The van der Waals surface area contributed by atoms with Crippen LogP contribution in [0.5, 0.6) is 0 Å². The van der Waals surface area contributed by atoms with Crippen LogP contribution in [0, 0.1) is 11.8 Å². The topological polar surface area (TPSA) is 9.72 Å². The van der Waals surface area contributed by atoms with Crippen LogP contribution in [-0.2, 0) is 0 Å². The Morgan fingerprint density at radius 3 is 2.17 bits per heavy atom. The summed E-state index contributed by atoms with van der Waals surface area (Å²) in [6.45, 7) is 20.9. The molecule has 0 radical (unpaired) electrons. The molecule has 0 aromatic rings. The Kier molecular flexibility index (Phi) is 7.84. The number of piperazine rings is 1. The molecule has 0 amide bonds. The predicted octanol–water partition coefficient (Wildman–Crippen LogP) is 3.55. The molecule has 0 N–H and O–H groups in total. The first-order valence-electron chi connectivity index (χ1n) is 10.2. The van der Waals surface area contributed by atoms with Crippen LogP contribution in [0.3, 0.4) is 0 Å². The molecule has 0 aromatic heterocycles. The van der Waals surface area contributed by atoms with E-state index in [1.165, 1.54) is 71.5 Å². The summed E-state index contributed by atoms with van der Waals surface area (Å²) in [5, 5.41) is 0. The van der Waals surface area contributed by atoms with Gasteiger partial charge in [0.05, 0.1) is 0 Å². The van der Waals surface area contributed by atoms with E-state index in [9.17, 15) is 0 Å². The van der Waals surface area contributed by atoms with Crippen molar-refractivity contribution in [3.8, 4) is 0 Å². The number of hydrogen-bond donors (Lipinski definition) is 0. The SMILES string of the molecule is CCN1CCN(C(C)CCC(C)C2CCCN(C(C)C)C2)CC1. The molecule has 2 saturated heterocycles. The summed E-state index contributed by atoms with van der Waals surface area (Å²) in [5.41, 5.74) is 0. The zero-order chi connectivity index (χ0) is 16.8. The molecule has 2 aliphatic rings. The Morgan fingerprint density at radius 2 is 1.57 bits per heavy atom. The van der Waals surface area contributed by atoms with Gasteiger partial charge < -0.3 is 9.80 Å². The van der Waals surface area contributed by atoms with Crippen molar-refractivity contribution in [2.45, 2.75) is 72.4 Å². The monoisotopic (exact) mass is 323 g/mol. The van der Waals surface area contributed by atoms with E-state index in [0.717, 1.165) is 23.9 Å². The molecule has 0 bridgehead atoms. The summed E-state index contributed by atoms with van der Waals surface area (Å²) in [6, 6.07) is 1.49. The lowest BCUT2D eigenvalue weighted by Crippen LogP contribution is -2.49. The van der Waals surface area contributed by atoms with Crippen LogP contribution in [0.2, 0.25) is 0 Å². The highest BCUT2D eigenvalue weighted by molar-refractivity contribution is 4.81. The number of hydrogen-bond acceptors (Lipinski definition) is 3. The molecular formula is C20H41N3. The van der Waals surface area contributed by atoms with Crippen molar-refractivity contribution in [3.63, 3.8) is 0 Å². The van der Waals surface area contributed by atoms with Gasteiger partial charge >= 0.3 is 0 Å². The second-order valence-electron chi connectivity index (χ2n) is 8.36. The maximum atomic E-state index is 2.72. The van der Waals surface area contributed by atoms with E-state index in [0.29, 0.717) is 0 Å². The summed E-state index contributed by atoms with van der Waals surface area (Å²) >= 11 is 0. The third kappa shape index (κ3) is 5.72. The minimum Gasteiger partial charge on any atom is -0.301 e. The van der Waals surface area contributed by atoms with E-state index in [1.54, 1.807) is 0 Å². The molecule has 2 fully saturated rings. The van der Waals surface area contributed by atoms with E-state index in [2.05, 4.69) is 49.3 Å². The Balaban J connectivity index is 1.70. The molecule has 2 heterocycles. The smallest absolute Gasteiger partial charge is 0.0113 e. The van der Waals surface area contributed by atoms with Gasteiger partial charge in [-0.2, -0.15) is 0 Å². The van der Waals surface area contributed by atoms with Gasteiger partial charge in [-0.3, -0.25) is 4.90 Å². The lowest BCUT2D eigenvalue weighted by molar-refractivity contribution is 0.0867. The fourth-order valence-corrected chi connectivity index (χ4v) is 4.42. The molecule has 3 unspecified atom stereocenters. The van der Waals surface area contributed by atoms with Gasteiger partial charge in [0.1, 0.15) is 0 Å². The summed E-state index contributed by atoms with van der Waals surface area (Å²) < 4.78 is 0. The van der Waals surface area contributed by atoms with Crippen LogP contribution in [0.1, 0.15) is 60.3 Å². The Morgan fingerprint density at radius 1 is 0.870 bits per heavy atom. The van der Waals surface area contributed by atoms with Crippen molar-refractivity contribution in [2.75, 3.05) is 45.8 Å². The average Bonchev–Trinajstić information content (AvgIpc) is 2.59. The van der Waals surface area contributed by atoms with Crippen molar-refractivity contribution in [1.29, 1.82) is 0 Å². The molecule has 0 spiro atoms. The standard InChI is InChI=1S/C20H41N3/c1-6-21-12-14-22(15-13-21)19(5)10-9-18(4)20-8-7-11-23(16-20)17(2)3/h17-20H,6-16H2,1-5H3. The van der Waals surface area contributed by atoms with Crippen LogP contribution in [0.15, 0.2) is 0 Å². The molecule has 3 heteroatoms. The van der Waals surface area contributed by atoms with Gasteiger partial charge in [0.25, 0.3) is 0 Å². The third-order valence-electron chi connectivity index (χ3n) is 6.54. The highest BCUT2D eigenvalue weighted by Gasteiger charge is 2.27. The first-order chi connectivity index (χ1) is 11.0. The molecular weight excluding hydrogens is 282 g/mol. The first kappa shape index (κ1) is 19.2. The van der Waals surface area contributed by atoms with Gasteiger partial charge in [0.2, 0.25) is 0 Å². The van der Waals surface area contributed by atoms with Gasteiger partial charge in [0, 0.05) is 44.8 Å². The molecule has 2 rings (SSSR count). The van der Waals surface area contributed by atoms with Crippen molar-refractivity contribution >= 4 is 0 Å². The van der Waals surface area contributed by atoms with Crippen LogP contribution in [-0.4, -0.2) is 72.6 Å². The van der Waals surface area contributed by atoms with Crippen molar-refractivity contribution in [1.82, 2.24) is 14.7 Å². The van der Waals surface area contributed by atoms with Gasteiger partial charge in [-0.05, 0) is 71.4 Å². The van der Waals surface area contributed by atoms with E-state index in [4.69, 9.17) is 0 Å². The van der Waals surface area contributed by atoms with E-state index >= 15 is 0 Å². The molecule has 23 heavy (non-hydrogen) atoms. The van der Waals surface area contributed by atoms with E-state index in [-0.39, 0.29) is 0 Å². The van der Waals surface area contributed by atoms with Gasteiger partial charge in [-0.1, -0.05) is 13.8 Å². The highest BCUT2D eigenvalue weighted by atomic mass is 15.3. The average molecular weight is 324 g/mol. The maximum Gasteiger partial charge on any atom is 0.0113 e. The van der Waals surface area contributed by atoms with Crippen molar-refractivity contribution in [2.24, 2.45) is 11.8 Å². The molecule has 0 aromatic carbocycles. The van der Waals surface area contributed by atoms with Crippen molar-refractivity contribution in [3.05, 3.63) is 0 Å². The summed E-state index contributed by atoms with van der Waals surface area (Å²) in [4.78, 5) is 7.99. The molecule has 0 aliphatic carbocycles. The lowest BCUT2D eigenvalue weighted by Gasteiger charge is -2.40. The molecule has 136 valence electrons. The van der Waals surface area contributed by atoms with Gasteiger partial charge in [0.15, 0.2) is 0 Å². The van der Waals surface area contributed by atoms with Gasteiger partial charge in [-0.25, -0.2) is 0 Å². The first-order valence-corrected chi connectivity index (χ1v) is 10.2. The number of piperidine rings is 1. The second kappa shape index (κ2) is 9.39. The Bertz CT molecular complexity index is 323. The van der Waals surface area contributed by atoms with Gasteiger partial charge in [-0.15, -0.1) is 0 Å². The summed E-state index contributed by atoms with van der Waals surface area (Å²) in [6.07, 6.45) is 5.65. The van der Waals surface area contributed by atoms with E-state index < -0.39 is 0 Å². The zero-order valence-electron chi connectivity index (χ0n) is 16.4. The lowest BCUT2D eigenvalue weighted by atomic mass is 9.83. The molecule has 3 atom stereocenters. The maximum absolute atomic E-state index is 2.72.